The van der Waals surface area contributed by atoms with Crippen molar-refractivity contribution in [3.8, 4) is 0 Å². The number of nitrogens with one attached hydrogen (secondary N) is 1. The lowest BCUT2D eigenvalue weighted by Crippen LogP contribution is -2.37. The molecule has 134 valence electrons. The van der Waals surface area contributed by atoms with Crippen LogP contribution in [0.4, 0.5) is 5.82 Å². The number of benzene rings is 1. The lowest BCUT2D eigenvalue weighted by Gasteiger charge is -2.19. The fourth-order valence-electron chi connectivity index (χ4n) is 3.14. The van der Waals surface area contributed by atoms with Gasteiger partial charge in [-0.15, -0.1) is 0 Å². The van der Waals surface area contributed by atoms with Gasteiger partial charge in [-0.05, 0) is 30.7 Å². The molecule has 1 aliphatic rings. The first-order valence-corrected chi connectivity index (χ1v) is 10.1. The minimum absolute atomic E-state index is 0.172. The van der Waals surface area contributed by atoms with Crippen LogP contribution in [0.15, 0.2) is 59.8 Å². The van der Waals surface area contributed by atoms with Crippen molar-refractivity contribution in [2.45, 2.75) is 17.4 Å². The molecule has 1 fully saturated rings. The summed E-state index contributed by atoms with van der Waals surface area (Å²) in [5, 5.41) is 1.36. The van der Waals surface area contributed by atoms with E-state index in [0.29, 0.717) is 30.4 Å². The molecule has 6 nitrogen and oxygen atoms in total. The van der Waals surface area contributed by atoms with E-state index in [2.05, 4.69) is 14.7 Å². The third-order valence-electron chi connectivity index (χ3n) is 4.42. The van der Waals surface area contributed by atoms with Gasteiger partial charge in [-0.1, -0.05) is 29.8 Å². The van der Waals surface area contributed by atoms with Crippen molar-refractivity contribution < 1.29 is 8.42 Å². The van der Waals surface area contributed by atoms with Gasteiger partial charge in [0.05, 0.1) is 10.5 Å². The Balaban J connectivity index is 1.52. The lowest BCUT2D eigenvalue weighted by atomic mass is 10.2. The van der Waals surface area contributed by atoms with E-state index in [4.69, 9.17) is 11.6 Å². The zero-order chi connectivity index (χ0) is 18.1. The normalized spacial score (nSPS) is 17.7. The highest BCUT2D eigenvalue weighted by molar-refractivity contribution is 7.89. The summed E-state index contributed by atoms with van der Waals surface area (Å²) in [6.07, 6.45) is 3.76. The maximum Gasteiger partial charge on any atom is 0.242 e. The largest absolute Gasteiger partial charge is 0.354 e. The number of pyridine rings is 2. The Labute approximate surface area is 156 Å². The van der Waals surface area contributed by atoms with Crippen LogP contribution in [0.5, 0.6) is 0 Å². The molecule has 1 aliphatic heterocycles. The van der Waals surface area contributed by atoms with Crippen LogP contribution in [0.2, 0.25) is 5.02 Å². The molecular formula is C18H17ClN4O2S. The number of fused-ring (bicyclic) bond motifs is 1. The van der Waals surface area contributed by atoms with Crippen molar-refractivity contribution >= 4 is 38.3 Å². The van der Waals surface area contributed by atoms with Crippen molar-refractivity contribution in [2.24, 2.45) is 0 Å². The van der Waals surface area contributed by atoms with Crippen LogP contribution in [0.25, 0.3) is 10.9 Å². The number of halogens is 1. The van der Waals surface area contributed by atoms with Gasteiger partial charge < -0.3 is 4.90 Å². The van der Waals surface area contributed by atoms with E-state index >= 15 is 0 Å². The second-order valence-electron chi connectivity index (χ2n) is 6.23. The highest BCUT2D eigenvalue weighted by atomic mass is 35.5. The molecule has 0 saturated carbocycles. The molecule has 0 aliphatic carbocycles. The molecule has 0 unspecified atom stereocenters. The van der Waals surface area contributed by atoms with Crippen LogP contribution in [0.1, 0.15) is 6.42 Å². The molecule has 4 rings (SSSR count). The maximum atomic E-state index is 12.7. The van der Waals surface area contributed by atoms with Gasteiger partial charge in [0, 0.05) is 36.9 Å². The SMILES string of the molecule is O=S(=O)(N[C@@H]1CCN(c2ncccc2Cl)C1)c1cnc2ccccc2c1. The van der Waals surface area contributed by atoms with Gasteiger partial charge in [-0.2, -0.15) is 0 Å². The zero-order valence-electron chi connectivity index (χ0n) is 13.8. The average Bonchev–Trinajstić information content (AvgIpc) is 3.09. The summed E-state index contributed by atoms with van der Waals surface area (Å²) in [5.74, 6) is 0.684. The molecule has 2 aromatic heterocycles. The second-order valence-corrected chi connectivity index (χ2v) is 8.35. The number of nitrogens with zero attached hydrogens (tertiary/aromatic N) is 3. The highest BCUT2D eigenvalue weighted by Crippen LogP contribution is 2.26. The van der Waals surface area contributed by atoms with Gasteiger partial charge >= 0.3 is 0 Å². The number of para-hydroxylation sites is 1. The Hall–Kier alpha value is -2.22. The minimum Gasteiger partial charge on any atom is -0.354 e. The Morgan fingerprint density at radius 1 is 1.15 bits per heavy atom. The zero-order valence-corrected chi connectivity index (χ0v) is 15.4. The van der Waals surface area contributed by atoms with Gasteiger partial charge in [-0.25, -0.2) is 18.1 Å². The summed E-state index contributed by atoms with van der Waals surface area (Å²) in [4.78, 5) is 10.7. The first-order valence-electron chi connectivity index (χ1n) is 8.25. The number of hydrogen-bond acceptors (Lipinski definition) is 5. The number of hydrogen-bond donors (Lipinski definition) is 1. The van der Waals surface area contributed by atoms with E-state index in [1.165, 1.54) is 6.20 Å². The molecule has 1 atom stereocenters. The smallest absolute Gasteiger partial charge is 0.242 e. The van der Waals surface area contributed by atoms with Crippen LogP contribution < -0.4 is 9.62 Å². The van der Waals surface area contributed by atoms with Crippen molar-refractivity contribution in [1.29, 1.82) is 0 Å². The summed E-state index contributed by atoms with van der Waals surface area (Å²) in [7, 11) is -3.64. The molecule has 1 aromatic carbocycles. The fourth-order valence-corrected chi connectivity index (χ4v) is 4.63. The molecule has 0 radical (unpaired) electrons. The monoisotopic (exact) mass is 388 g/mol. The van der Waals surface area contributed by atoms with Crippen LogP contribution in [-0.2, 0) is 10.0 Å². The molecule has 3 heterocycles. The summed E-state index contributed by atoms with van der Waals surface area (Å²) in [6, 6.07) is 12.4. The summed E-state index contributed by atoms with van der Waals surface area (Å²) >= 11 is 6.19. The van der Waals surface area contributed by atoms with Crippen LogP contribution in [0.3, 0.4) is 0 Å². The summed E-state index contributed by atoms with van der Waals surface area (Å²) < 4.78 is 28.2. The van der Waals surface area contributed by atoms with Gasteiger partial charge in [0.1, 0.15) is 10.7 Å². The van der Waals surface area contributed by atoms with Gasteiger partial charge in [0.25, 0.3) is 0 Å². The van der Waals surface area contributed by atoms with Gasteiger partial charge in [0.15, 0.2) is 0 Å². The third kappa shape index (κ3) is 3.38. The van der Waals surface area contributed by atoms with E-state index in [9.17, 15) is 8.42 Å². The number of sulfonamides is 1. The Bertz CT molecular complexity index is 1060. The van der Waals surface area contributed by atoms with Gasteiger partial charge in [0.2, 0.25) is 10.0 Å². The van der Waals surface area contributed by atoms with Crippen LogP contribution >= 0.6 is 11.6 Å². The minimum atomic E-state index is -3.64. The number of rotatable bonds is 4. The summed E-state index contributed by atoms with van der Waals surface area (Å²) in [6.45, 7) is 1.22. The molecular weight excluding hydrogens is 372 g/mol. The van der Waals surface area contributed by atoms with Crippen molar-refractivity contribution in [3.05, 3.63) is 59.9 Å². The van der Waals surface area contributed by atoms with Crippen LogP contribution in [-0.4, -0.2) is 37.5 Å². The van der Waals surface area contributed by atoms with E-state index in [1.54, 1.807) is 24.4 Å². The first-order chi connectivity index (χ1) is 12.5. The quantitative estimate of drug-likeness (QED) is 0.743. The van der Waals surface area contributed by atoms with E-state index in [-0.39, 0.29) is 10.9 Å². The van der Waals surface area contributed by atoms with Crippen molar-refractivity contribution in [1.82, 2.24) is 14.7 Å². The van der Waals surface area contributed by atoms with E-state index in [0.717, 1.165) is 10.9 Å². The fraction of sp³-hybridized carbons (Fsp3) is 0.222. The Morgan fingerprint density at radius 3 is 2.85 bits per heavy atom. The molecule has 1 saturated heterocycles. The van der Waals surface area contributed by atoms with Crippen molar-refractivity contribution in [2.75, 3.05) is 18.0 Å². The lowest BCUT2D eigenvalue weighted by molar-refractivity contribution is 0.561. The second kappa shape index (κ2) is 6.83. The predicted molar refractivity (Wildman–Crippen MR) is 102 cm³/mol. The van der Waals surface area contributed by atoms with Crippen LogP contribution in [0, 0.1) is 0 Å². The van der Waals surface area contributed by atoms with E-state index in [1.807, 2.05) is 29.2 Å². The maximum absolute atomic E-state index is 12.7. The predicted octanol–water partition coefficient (Wildman–Crippen LogP) is 2.84. The number of anilines is 1. The standard InChI is InChI=1S/C18H17ClN4O2S/c19-16-5-3-8-20-18(16)23-9-7-14(12-23)22-26(24,25)15-10-13-4-1-2-6-17(13)21-11-15/h1-6,8,10-11,14,22H,7,9,12H2/t14-/m1/s1. The molecule has 0 bridgehead atoms. The number of aromatic nitrogens is 2. The van der Waals surface area contributed by atoms with Crippen molar-refractivity contribution in [3.63, 3.8) is 0 Å². The Kier molecular flexibility index (Phi) is 4.52. The first kappa shape index (κ1) is 17.2. The molecule has 3 aromatic rings. The average molecular weight is 389 g/mol. The Morgan fingerprint density at radius 2 is 2.00 bits per heavy atom. The molecule has 8 heteroatoms. The van der Waals surface area contributed by atoms with E-state index < -0.39 is 10.0 Å². The molecule has 0 amide bonds. The topological polar surface area (TPSA) is 75.2 Å². The highest BCUT2D eigenvalue weighted by Gasteiger charge is 2.29. The molecule has 26 heavy (non-hydrogen) atoms. The van der Waals surface area contributed by atoms with Gasteiger partial charge in [-0.3, -0.25) is 4.98 Å². The molecule has 0 spiro atoms. The molecule has 1 N–H and O–H groups in total. The summed E-state index contributed by atoms with van der Waals surface area (Å²) in [5.41, 5.74) is 0.767. The third-order valence-corrected chi connectivity index (χ3v) is 6.21.